The quantitative estimate of drug-likeness (QED) is 0.517. The van der Waals surface area contributed by atoms with Crippen LogP contribution in [-0.2, 0) is 22.4 Å². The molecule has 0 fully saturated rings. The van der Waals surface area contributed by atoms with E-state index >= 15 is 0 Å². The minimum absolute atomic E-state index is 0.454. The van der Waals surface area contributed by atoms with Crippen molar-refractivity contribution in [3.8, 4) is 6.07 Å². The fourth-order valence-corrected chi connectivity index (χ4v) is 5.07. The fourth-order valence-electron chi connectivity index (χ4n) is 3.03. The molecule has 1 amide bonds. The van der Waals surface area contributed by atoms with E-state index in [1.807, 2.05) is 48.2 Å². The summed E-state index contributed by atoms with van der Waals surface area (Å²) in [6.07, 6.45) is 0.555. The number of rotatable bonds is 7. The number of amides is 1. The van der Waals surface area contributed by atoms with Crippen LogP contribution in [0.3, 0.4) is 0 Å². The Morgan fingerprint density at radius 3 is 2.59 bits per heavy atom. The molecule has 0 saturated heterocycles. The van der Waals surface area contributed by atoms with E-state index in [0.29, 0.717) is 29.4 Å². The van der Waals surface area contributed by atoms with E-state index in [-0.39, 0.29) is 0 Å². The van der Waals surface area contributed by atoms with Gasteiger partial charge in [-0.3, -0.25) is 4.79 Å². The highest BCUT2D eigenvalue weighted by Crippen LogP contribution is 2.41. The molecule has 2 aromatic carbocycles. The lowest BCUT2D eigenvalue weighted by Crippen LogP contribution is -2.33. The maximum absolute atomic E-state index is 11.8. The van der Waals surface area contributed by atoms with Crippen LogP contribution in [-0.4, -0.2) is 31.8 Å². The third-order valence-electron chi connectivity index (χ3n) is 4.60. The van der Waals surface area contributed by atoms with Gasteiger partial charge in [0.15, 0.2) is 15.8 Å². The van der Waals surface area contributed by atoms with Crippen molar-refractivity contribution in [2.24, 2.45) is 0 Å². The molecule has 1 heterocycles. The van der Waals surface area contributed by atoms with Crippen molar-refractivity contribution in [2.45, 2.75) is 18.2 Å². The van der Waals surface area contributed by atoms with Gasteiger partial charge < -0.3 is 19.7 Å². The number of thioether (sulfide) groups is 1. The number of carbonyl (C=O) groups is 1. The number of hydrogen-bond acceptors (Lipinski definition) is 6. The number of benzene rings is 2. The molecule has 0 saturated carbocycles. The van der Waals surface area contributed by atoms with Crippen molar-refractivity contribution in [3.63, 3.8) is 0 Å². The van der Waals surface area contributed by atoms with Crippen LogP contribution in [0.15, 0.2) is 59.4 Å². The number of nitriles is 1. The lowest BCUT2D eigenvalue weighted by atomic mass is 10.1. The van der Waals surface area contributed by atoms with Crippen molar-refractivity contribution in [1.29, 1.82) is 5.26 Å². The average molecular weight is 429 g/mol. The number of hydrogen-bond donors (Lipinski definition) is 2. The van der Waals surface area contributed by atoms with Gasteiger partial charge in [-0.25, -0.2) is 4.21 Å². The van der Waals surface area contributed by atoms with Crippen LogP contribution >= 0.6 is 11.8 Å². The van der Waals surface area contributed by atoms with Gasteiger partial charge in [0, 0.05) is 19.3 Å². The van der Waals surface area contributed by atoms with Gasteiger partial charge in [-0.1, -0.05) is 36.0 Å². The molecular weight excluding hydrogens is 408 g/mol. The van der Waals surface area contributed by atoms with Crippen LogP contribution in [0.2, 0.25) is 0 Å². The molecule has 1 aliphatic heterocycles. The summed E-state index contributed by atoms with van der Waals surface area (Å²) >= 11 is -0.915. The van der Waals surface area contributed by atoms with Gasteiger partial charge in [-0.15, -0.1) is 0 Å². The smallest absolute Gasteiger partial charge is 0.212 e. The first kappa shape index (κ1) is 20.9. The molecule has 0 aromatic heterocycles. The van der Waals surface area contributed by atoms with E-state index in [9.17, 15) is 13.6 Å². The number of nitrogens with zero attached hydrogens (tertiary/aromatic N) is 3. The molecule has 9 heteroatoms. The van der Waals surface area contributed by atoms with Crippen LogP contribution in [0.1, 0.15) is 16.7 Å². The normalized spacial score (nSPS) is 17.0. The largest absolute Gasteiger partial charge is 0.334 e. The molecule has 7 nitrogen and oxygen atoms in total. The van der Waals surface area contributed by atoms with Gasteiger partial charge in [0.25, 0.3) is 0 Å². The molecule has 3 rings (SSSR count). The second-order valence-corrected chi connectivity index (χ2v) is 8.77. The van der Waals surface area contributed by atoms with Crippen molar-refractivity contribution >= 4 is 34.9 Å². The Bertz CT molecular complexity index is 1000. The van der Waals surface area contributed by atoms with Gasteiger partial charge in [0.05, 0.1) is 11.6 Å². The first-order chi connectivity index (χ1) is 14.0. The molecule has 0 radical (unpaired) electrons. The summed E-state index contributed by atoms with van der Waals surface area (Å²) in [5.74, 6) is 0.454. The summed E-state index contributed by atoms with van der Waals surface area (Å²) in [4.78, 5) is 14.8. The number of carbonyl (C=O) groups excluding carboxylic acids is 1. The Morgan fingerprint density at radius 1 is 1.31 bits per heavy atom. The number of anilines is 1. The Balaban J connectivity index is 2.10. The average Bonchev–Trinajstić information content (AvgIpc) is 3.04. The van der Waals surface area contributed by atoms with E-state index < -0.39 is 15.8 Å². The molecule has 150 valence electrons. The summed E-state index contributed by atoms with van der Waals surface area (Å²) in [6, 6.07) is 17.2. The van der Waals surface area contributed by atoms with Gasteiger partial charge in [-0.05, 0) is 42.3 Å². The topological polar surface area (TPSA) is 96.7 Å². The molecule has 2 N–H and O–H groups in total. The van der Waals surface area contributed by atoms with Crippen LogP contribution < -0.4 is 10.2 Å². The standard InChI is InChI=1S/C20H20N4O3S2/c1-14-5-3-4-6-16(14)12-24(17-9-7-15(11-21)8-10-17)19-18(22-13-25)23(2)20(28-19)29(26)27/h3-10,13,20H,12H2,1-2H3,(H,22,25)(H,26,27). The van der Waals surface area contributed by atoms with Gasteiger partial charge >= 0.3 is 0 Å². The molecule has 0 aliphatic carbocycles. The zero-order chi connectivity index (χ0) is 21.0. The fraction of sp³-hybridized carbons (Fsp3) is 0.200. The van der Waals surface area contributed by atoms with Gasteiger partial charge in [0.1, 0.15) is 10.9 Å². The van der Waals surface area contributed by atoms with E-state index in [4.69, 9.17) is 5.26 Å². The highest BCUT2D eigenvalue weighted by Gasteiger charge is 2.37. The minimum atomic E-state index is -2.12. The lowest BCUT2D eigenvalue weighted by Gasteiger charge is -2.27. The molecular formula is C20H20N4O3S2. The third kappa shape index (κ3) is 4.45. The van der Waals surface area contributed by atoms with Gasteiger partial charge in [-0.2, -0.15) is 5.26 Å². The van der Waals surface area contributed by atoms with Crippen molar-refractivity contribution in [3.05, 3.63) is 76.1 Å². The maximum atomic E-state index is 11.8. The predicted octanol–water partition coefficient (Wildman–Crippen LogP) is 2.93. The Morgan fingerprint density at radius 2 is 2.00 bits per heavy atom. The first-order valence-electron chi connectivity index (χ1n) is 8.72. The minimum Gasteiger partial charge on any atom is -0.334 e. The molecule has 29 heavy (non-hydrogen) atoms. The highest BCUT2D eigenvalue weighted by molar-refractivity contribution is 8.12. The van der Waals surface area contributed by atoms with E-state index in [0.717, 1.165) is 16.8 Å². The second-order valence-electron chi connectivity index (χ2n) is 6.40. The predicted molar refractivity (Wildman–Crippen MR) is 115 cm³/mol. The lowest BCUT2D eigenvalue weighted by molar-refractivity contribution is -0.109. The number of nitrogens with one attached hydrogen (secondary N) is 1. The molecule has 2 atom stereocenters. The molecule has 2 unspecified atom stereocenters. The Kier molecular flexibility index (Phi) is 6.59. The molecule has 2 aromatic rings. The van der Waals surface area contributed by atoms with Crippen molar-refractivity contribution in [2.75, 3.05) is 11.9 Å². The summed E-state index contributed by atoms with van der Waals surface area (Å²) in [5, 5.41) is 12.4. The van der Waals surface area contributed by atoms with Crippen molar-refractivity contribution < 1.29 is 13.6 Å². The summed E-state index contributed by atoms with van der Waals surface area (Å²) in [6.45, 7) is 2.51. The molecule has 0 bridgehead atoms. The zero-order valence-corrected chi connectivity index (χ0v) is 17.5. The number of aryl methyl sites for hydroxylation is 1. The van der Waals surface area contributed by atoms with Crippen LogP contribution in [0.4, 0.5) is 5.69 Å². The highest BCUT2D eigenvalue weighted by atomic mass is 32.2. The van der Waals surface area contributed by atoms with Crippen molar-refractivity contribution in [1.82, 2.24) is 10.2 Å². The first-order valence-corrected chi connectivity index (χ1v) is 10.8. The summed E-state index contributed by atoms with van der Waals surface area (Å²) in [5.41, 5.74) is 3.52. The zero-order valence-electron chi connectivity index (χ0n) is 15.9. The summed E-state index contributed by atoms with van der Waals surface area (Å²) < 4.78 is 20.8. The van der Waals surface area contributed by atoms with Crippen LogP contribution in [0, 0.1) is 18.3 Å². The SMILES string of the molecule is Cc1ccccc1CN(C1=C(NC=O)N(C)C(S(=O)O)S1)c1ccc(C#N)cc1. The second kappa shape index (κ2) is 9.13. The Hall–Kier alpha value is -2.80. The van der Waals surface area contributed by atoms with Gasteiger partial charge in [0.2, 0.25) is 6.41 Å². The Labute approximate surface area is 176 Å². The van der Waals surface area contributed by atoms with Crippen LogP contribution in [0.25, 0.3) is 0 Å². The molecule has 0 spiro atoms. The van der Waals surface area contributed by atoms with E-state index in [2.05, 4.69) is 11.4 Å². The maximum Gasteiger partial charge on any atom is 0.212 e. The van der Waals surface area contributed by atoms with E-state index in [1.165, 1.54) is 11.8 Å². The third-order valence-corrected chi connectivity index (χ3v) is 7.19. The van der Waals surface area contributed by atoms with Crippen LogP contribution in [0.5, 0.6) is 0 Å². The monoisotopic (exact) mass is 428 g/mol. The summed E-state index contributed by atoms with van der Waals surface area (Å²) in [7, 11) is 1.66. The molecule has 1 aliphatic rings. The van der Waals surface area contributed by atoms with E-state index in [1.54, 1.807) is 24.1 Å².